The molecule has 2 aromatic heterocycles. The second-order valence-corrected chi connectivity index (χ2v) is 8.55. The van der Waals surface area contributed by atoms with Gasteiger partial charge in [0, 0.05) is 11.4 Å². The summed E-state index contributed by atoms with van der Waals surface area (Å²) < 4.78 is 15.4. The number of carbonyl (C=O) groups is 1. The Bertz CT molecular complexity index is 1090. The van der Waals surface area contributed by atoms with Gasteiger partial charge in [0.05, 0.1) is 16.7 Å². The molecule has 0 spiro atoms. The predicted molar refractivity (Wildman–Crippen MR) is 108 cm³/mol. The molecule has 7 heteroatoms. The van der Waals surface area contributed by atoms with Gasteiger partial charge in [-0.25, -0.2) is 9.37 Å². The first-order chi connectivity index (χ1) is 13.1. The van der Waals surface area contributed by atoms with E-state index < -0.39 is 5.82 Å². The van der Waals surface area contributed by atoms with E-state index in [2.05, 4.69) is 0 Å². The standard InChI is InChI=1S/C20H19FN2O2S2/c1-2-23-19(25)17-13-8-4-6-10-16(13)27-18(17)22-20(23)26-11-15(24)12-7-3-5-9-14(12)21/h3,5,7,9H,2,4,6,8,10-11H2,1H3. The van der Waals surface area contributed by atoms with E-state index in [9.17, 15) is 14.0 Å². The van der Waals surface area contributed by atoms with Crippen molar-refractivity contribution >= 4 is 39.1 Å². The molecule has 2 heterocycles. The lowest BCUT2D eigenvalue weighted by atomic mass is 9.97. The van der Waals surface area contributed by atoms with Crippen LogP contribution in [0.15, 0.2) is 34.2 Å². The third kappa shape index (κ3) is 3.34. The summed E-state index contributed by atoms with van der Waals surface area (Å²) in [5, 5.41) is 1.28. The second kappa shape index (κ2) is 7.56. The summed E-state index contributed by atoms with van der Waals surface area (Å²) in [6, 6.07) is 5.96. The zero-order valence-electron chi connectivity index (χ0n) is 15.0. The van der Waals surface area contributed by atoms with Gasteiger partial charge in [-0.1, -0.05) is 23.9 Å². The van der Waals surface area contributed by atoms with Gasteiger partial charge in [0.1, 0.15) is 10.6 Å². The van der Waals surface area contributed by atoms with Crippen LogP contribution in [0.2, 0.25) is 0 Å². The second-order valence-electron chi connectivity index (χ2n) is 6.53. The normalized spacial score (nSPS) is 13.7. The van der Waals surface area contributed by atoms with E-state index in [0.29, 0.717) is 11.7 Å². The third-order valence-electron chi connectivity index (χ3n) is 4.86. The fourth-order valence-corrected chi connectivity index (χ4v) is 5.75. The van der Waals surface area contributed by atoms with Crippen molar-refractivity contribution < 1.29 is 9.18 Å². The number of thioether (sulfide) groups is 1. The van der Waals surface area contributed by atoms with E-state index in [-0.39, 0.29) is 22.7 Å². The average Bonchev–Trinajstić information content (AvgIpc) is 3.05. The fraction of sp³-hybridized carbons (Fsp3) is 0.350. The van der Waals surface area contributed by atoms with Gasteiger partial charge < -0.3 is 0 Å². The quantitative estimate of drug-likeness (QED) is 0.359. The van der Waals surface area contributed by atoms with Crippen molar-refractivity contribution in [3.63, 3.8) is 0 Å². The molecule has 0 radical (unpaired) electrons. The fourth-order valence-electron chi connectivity index (χ4n) is 3.50. The number of halogens is 1. The predicted octanol–water partition coefficient (Wildman–Crippen LogP) is 4.47. The lowest BCUT2D eigenvalue weighted by Crippen LogP contribution is -2.23. The molecule has 0 bridgehead atoms. The molecule has 0 saturated carbocycles. The van der Waals surface area contributed by atoms with Gasteiger partial charge in [-0.15, -0.1) is 11.3 Å². The summed E-state index contributed by atoms with van der Waals surface area (Å²) in [6.07, 6.45) is 4.21. The number of hydrogen-bond donors (Lipinski definition) is 0. The van der Waals surface area contributed by atoms with Crippen molar-refractivity contribution in [3.8, 4) is 0 Å². The summed E-state index contributed by atoms with van der Waals surface area (Å²) in [5.74, 6) is -0.782. The van der Waals surface area contributed by atoms with Gasteiger partial charge in [0.25, 0.3) is 5.56 Å². The summed E-state index contributed by atoms with van der Waals surface area (Å²) >= 11 is 2.80. The van der Waals surface area contributed by atoms with E-state index in [4.69, 9.17) is 4.98 Å². The SMILES string of the molecule is CCn1c(SCC(=O)c2ccccc2F)nc2sc3c(c2c1=O)CCCC3. The van der Waals surface area contributed by atoms with Gasteiger partial charge in [-0.05, 0) is 50.3 Å². The highest BCUT2D eigenvalue weighted by atomic mass is 32.2. The van der Waals surface area contributed by atoms with E-state index >= 15 is 0 Å². The highest BCUT2D eigenvalue weighted by Crippen LogP contribution is 2.34. The smallest absolute Gasteiger partial charge is 0.263 e. The highest BCUT2D eigenvalue weighted by molar-refractivity contribution is 7.99. The zero-order chi connectivity index (χ0) is 19.0. The maximum Gasteiger partial charge on any atom is 0.263 e. The Morgan fingerprint density at radius 2 is 2.07 bits per heavy atom. The van der Waals surface area contributed by atoms with Gasteiger partial charge in [-0.3, -0.25) is 14.2 Å². The van der Waals surface area contributed by atoms with Crippen molar-refractivity contribution in [1.82, 2.24) is 9.55 Å². The summed E-state index contributed by atoms with van der Waals surface area (Å²) in [6.45, 7) is 2.39. The van der Waals surface area contributed by atoms with Crippen LogP contribution in [0.5, 0.6) is 0 Å². The number of benzene rings is 1. The highest BCUT2D eigenvalue weighted by Gasteiger charge is 2.22. The zero-order valence-corrected chi connectivity index (χ0v) is 16.6. The van der Waals surface area contributed by atoms with Crippen LogP contribution in [0.4, 0.5) is 4.39 Å². The van der Waals surface area contributed by atoms with Crippen molar-refractivity contribution in [3.05, 3.63) is 56.4 Å². The summed E-state index contributed by atoms with van der Waals surface area (Å²) in [4.78, 5) is 32.2. The molecule has 140 valence electrons. The largest absolute Gasteiger partial charge is 0.293 e. The monoisotopic (exact) mass is 402 g/mol. The van der Waals surface area contributed by atoms with E-state index in [1.165, 1.54) is 34.3 Å². The summed E-state index contributed by atoms with van der Waals surface area (Å²) in [5.41, 5.74) is 1.21. The van der Waals surface area contributed by atoms with Crippen LogP contribution in [0.3, 0.4) is 0 Å². The number of ketones is 1. The van der Waals surface area contributed by atoms with Crippen LogP contribution in [0.1, 0.15) is 40.6 Å². The minimum absolute atomic E-state index is 0.0252. The summed E-state index contributed by atoms with van der Waals surface area (Å²) in [7, 11) is 0. The minimum atomic E-state index is -0.523. The molecule has 4 nitrogen and oxygen atoms in total. The van der Waals surface area contributed by atoms with E-state index in [0.717, 1.165) is 35.9 Å². The number of carbonyl (C=O) groups excluding carboxylic acids is 1. The Morgan fingerprint density at radius 3 is 2.85 bits per heavy atom. The van der Waals surface area contributed by atoms with E-state index in [1.54, 1.807) is 28.0 Å². The number of hydrogen-bond acceptors (Lipinski definition) is 5. The number of rotatable bonds is 5. The molecular formula is C20H19FN2O2S2. The van der Waals surface area contributed by atoms with Gasteiger partial charge in [0.15, 0.2) is 10.9 Å². The van der Waals surface area contributed by atoms with Gasteiger partial charge in [-0.2, -0.15) is 0 Å². The number of aromatic nitrogens is 2. The van der Waals surface area contributed by atoms with Crippen molar-refractivity contribution in [2.24, 2.45) is 0 Å². The van der Waals surface area contributed by atoms with Crippen LogP contribution in [-0.4, -0.2) is 21.1 Å². The van der Waals surface area contributed by atoms with Crippen LogP contribution in [0.25, 0.3) is 10.2 Å². The molecule has 0 aliphatic heterocycles. The molecule has 4 rings (SSSR count). The topological polar surface area (TPSA) is 52.0 Å². The first kappa shape index (κ1) is 18.4. The Kier molecular flexibility index (Phi) is 5.14. The van der Waals surface area contributed by atoms with Crippen LogP contribution in [-0.2, 0) is 19.4 Å². The Balaban J connectivity index is 1.68. The lowest BCUT2D eigenvalue weighted by molar-refractivity contribution is 0.101. The number of fused-ring (bicyclic) bond motifs is 3. The molecule has 1 aromatic carbocycles. The average molecular weight is 403 g/mol. The molecule has 3 aromatic rings. The van der Waals surface area contributed by atoms with Gasteiger partial charge >= 0.3 is 0 Å². The van der Waals surface area contributed by atoms with Crippen molar-refractivity contribution in [2.45, 2.75) is 44.3 Å². The Morgan fingerprint density at radius 1 is 1.30 bits per heavy atom. The van der Waals surface area contributed by atoms with E-state index in [1.807, 2.05) is 6.92 Å². The van der Waals surface area contributed by atoms with Crippen LogP contribution < -0.4 is 5.56 Å². The number of nitrogens with zero attached hydrogens (tertiary/aromatic N) is 2. The number of Topliss-reactive ketones (excluding diaryl/α,β-unsaturated/α-hetero) is 1. The maximum atomic E-state index is 13.8. The molecule has 0 atom stereocenters. The first-order valence-corrected chi connectivity index (χ1v) is 10.9. The van der Waals surface area contributed by atoms with Gasteiger partial charge in [0.2, 0.25) is 0 Å². The molecule has 1 aliphatic carbocycles. The minimum Gasteiger partial charge on any atom is -0.293 e. The molecule has 0 fully saturated rings. The number of thiophene rings is 1. The molecule has 0 unspecified atom stereocenters. The molecule has 27 heavy (non-hydrogen) atoms. The van der Waals surface area contributed by atoms with Crippen molar-refractivity contribution in [1.29, 1.82) is 0 Å². The molecule has 0 N–H and O–H groups in total. The Labute approximate surface area is 164 Å². The maximum absolute atomic E-state index is 13.8. The molecular weight excluding hydrogens is 383 g/mol. The van der Waals surface area contributed by atoms with Crippen LogP contribution >= 0.6 is 23.1 Å². The third-order valence-corrected chi connectivity index (χ3v) is 7.02. The molecule has 0 saturated heterocycles. The van der Waals surface area contributed by atoms with Crippen molar-refractivity contribution in [2.75, 3.05) is 5.75 Å². The molecule has 1 aliphatic rings. The lowest BCUT2D eigenvalue weighted by Gasteiger charge is -2.12. The first-order valence-electron chi connectivity index (χ1n) is 9.05. The number of aryl methyl sites for hydroxylation is 2. The van der Waals surface area contributed by atoms with Crippen LogP contribution in [0, 0.1) is 5.82 Å². The molecule has 0 amide bonds. The Hall–Kier alpha value is -1.99.